The van der Waals surface area contributed by atoms with E-state index in [-0.39, 0.29) is 22.2 Å². The van der Waals surface area contributed by atoms with Crippen molar-refractivity contribution < 1.29 is 4.79 Å². The van der Waals surface area contributed by atoms with Crippen LogP contribution in [0.25, 0.3) is 0 Å². The fourth-order valence-electron chi connectivity index (χ4n) is 6.47. The number of amides is 1. The van der Waals surface area contributed by atoms with Gasteiger partial charge in [-0.3, -0.25) is 14.6 Å². The highest BCUT2D eigenvalue weighted by molar-refractivity contribution is 5.48. The van der Waals surface area contributed by atoms with E-state index in [9.17, 15) is 4.79 Å². The van der Waals surface area contributed by atoms with Gasteiger partial charge in [0.05, 0.1) is 0 Å². The number of nitrogens with one attached hydrogen (secondary N) is 1. The fraction of sp³-hybridized carbons (Fsp3) is 0.963. The zero-order valence-electron chi connectivity index (χ0n) is 23.1. The monoisotopic (exact) mass is 450 g/mol. The summed E-state index contributed by atoms with van der Waals surface area (Å²) in [5.74, 6) is 0. The lowest BCUT2D eigenvalue weighted by molar-refractivity contribution is -0.125. The van der Waals surface area contributed by atoms with E-state index in [2.05, 4.69) is 89.5 Å². The van der Waals surface area contributed by atoms with Crippen molar-refractivity contribution in [2.75, 3.05) is 27.2 Å². The van der Waals surface area contributed by atoms with Crippen molar-refractivity contribution in [2.45, 2.75) is 141 Å². The lowest BCUT2D eigenvalue weighted by Crippen LogP contribution is -2.62. The number of likely N-dealkylation sites (tertiary alicyclic amines) is 2. The number of hydrogen-bond donors (Lipinski definition) is 1. The van der Waals surface area contributed by atoms with E-state index in [1.807, 2.05) is 0 Å². The molecular weight excluding hydrogens is 396 g/mol. The Labute approximate surface area is 199 Å². The molecule has 0 bridgehead atoms. The Morgan fingerprint density at radius 1 is 0.750 bits per heavy atom. The van der Waals surface area contributed by atoms with Crippen LogP contribution >= 0.6 is 0 Å². The second-order valence-electron chi connectivity index (χ2n) is 13.2. The van der Waals surface area contributed by atoms with Crippen LogP contribution in [0.1, 0.15) is 107 Å². The molecule has 1 N–H and O–H groups in total. The summed E-state index contributed by atoms with van der Waals surface area (Å²) < 4.78 is 0. The molecule has 32 heavy (non-hydrogen) atoms. The van der Waals surface area contributed by atoms with Gasteiger partial charge in [-0.05, 0) is 115 Å². The first-order valence-corrected chi connectivity index (χ1v) is 13.0. The minimum Gasteiger partial charge on any atom is -0.342 e. The highest BCUT2D eigenvalue weighted by Crippen LogP contribution is 2.39. The van der Waals surface area contributed by atoms with Gasteiger partial charge in [-0.2, -0.15) is 0 Å². The summed E-state index contributed by atoms with van der Waals surface area (Å²) in [4.78, 5) is 19.0. The first kappa shape index (κ1) is 27.6. The summed E-state index contributed by atoms with van der Waals surface area (Å²) in [6.07, 6.45) is 10.4. The van der Waals surface area contributed by atoms with Crippen molar-refractivity contribution in [3.63, 3.8) is 0 Å². The molecule has 2 saturated heterocycles. The van der Waals surface area contributed by atoms with Gasteiger partial charge >= 0.3 is 0 Å². The van der Waals surface area contributed by atoms with Gasteiger partial charge in [0.2, 0.25) is 6.41 Å². The standard InChI is InChI=1S/C27H54N4O/c1-24(2)17-22(18-25(3,4)29(24)9)28-15-13-11-12-14-16-31(21-32)23-19-26(5,6)30(10)27(7,8)20-23/h21-23,28H,11-20H2,1-10H3. The first-order chi connectivity index (χ1) is 14.6. The third-order valence-corrected chi connectivity index (χ3v) is 8.97. The SMILES string of the molecule is CN1C(C)(C)CC(NCCCCCCN(C=O)C2CC(C)(C)N(C)C(C)(C)C2)CC1(C)C. The van der Waals surface area contributed by atoms with E-state index in [1.54, 1.807) is 0 Å². The van der Waals surface area contributed by atoms with Crippen LogP contribution in [-0.4, -0.2) is 82.5 Å². The smallest absolute Gasteiger partial charge is 0.209 e. The fourth-order valence-corrected chi connectivity index (χ4v) is 6.47. The molecule has 5 heteroatoms. The van der Waals surface area contributed by atoms with Gasteiger partial charge in [-0.25, -0.2) is 0 Å². The van der Waals surface area contributed by atoms with Crippen molar-refractivity contribution in [1.82, 2.24) is 20.0 Å². The Kier molecular flexibility index (Phi) is 8.89. The summed E-state index contributed by atoms with van der Waals surface area (Å²) in [5, 5.41) is 3.84. The van der Waals surface area contributed by atoms with Crippen molar-refractivity contribution >= 4 is 6.41 Å². The van der Waals surface area contributed by atoms with Crippen molar-refractivity contribution in [1.29, 1.82) is 0 Å². The number of carbonyl (C=O) groups is 1. The van der Waals surface area contributed by atoms with E-state index in [4.69, 9.17) is 0 Å². The Morgan fingerprint density at radius 2 is 1.19 bits per heavy atom. The van der Waals surface area contributed by atoms with E-state index in [0.29, 0.717) is 12.1 Å². The molecule has 1 amide bonds. The van der Waals surface area contributed by atoms with Gasteiger partial charge in [0.25, 0.3) is 0 Å². The van der Waals surface area contributed by atoms with E-state index < -0.39 is 0 Å². The maximum atomic E-state index is 11.9. The van der Waals surface area contributed by atoms with Gasteiger partial charge in [0.1, 0.15) is 0 Å². The molecule has 188 valence electrons. The number of nitrogens with zero attached hydrogens (tertiary/aromatic N) is 3. The predicted molar refractivity (Wildman–Crippen MR) is 137 cm³/mol. The van der Waals surface area contributed by atoms with Crippen molar-refractivity contribution in [3.05, 3.63) is 0 Å². The topological polar surface area (TPSA) is 38.8 Å². The quantitative estimate of drug-likeness (QED) is 0.380. The average molecular weight is 451 g/mol. The number of carbonyl (C=O) groups excluding carboxylic acids is 1. The Morgan fingerprint density at radius 3 is 1.66 bits per heavy atom. The normalized spacial score (nSPS) is 26.2. The second kappa shape index (κ2) is 10.3. The van der Waals surface area contributed by atoms with Gasteiger partial charge in [-0.1, -0.05) is 12.8 Å². The molecule has 0 unspecified atom stereocenters. The summed E-state index contributed by atoms with van der Waals surface area (Å²) in [5.41, 5.74) is 0.732. The second-order valence-corrected chi connectivity index (χ2v) is 13.2. The Balaban J connectivity index is 1.69. The van der Waals surface area contributed by atoms with Crippen molar-refractivity contribution in [3.8, 4) is 0 Å². The largest absolute Gasteiger partial charge is 0.342 e. The lowest BCUT2D eigenvalue weighted by Gasteiger charge is -2.55. The zero-order valence-corrected chi connectivity index (χ0v) is 23.1. The zero-order chi connectivity index (χ0) is 24.4. The number of rotatable bonds is 10. The summed E-state index contributed by atoms with van der Waals surface area (Å²) in [7, 11) is 4.50. The molecule has 2 fully saturated rings. The van der Waals surface area contributed by atoms with E-state index >= 15 is 0 Å². The molecule has 2 rings (SSSR count). The van der Waals surface area contributed by atoms with E-state index in [1.165, 1.54) is 32.1 Å². The molecular formula is C27H54N4O. The Bertz CT molecular complexity index is 577. The predicted octanol–water partition coefficient (Wildman–Crippen LogP) is 4.90. The lowest BCUT2D eigenvalue weighted by atomic mass is 9.77. The molecule has 2 heterocycles. The molecule has 0 atom stereocenters. The van der Waals surface area contributed by atoms with Crippen LogP contribution < -0.4 is 5.32 Å². The van der Waals surface area contributed by atoms with Crippen molar-refractivity contribution in [2.24, 2.45) is 0 Å². The number of unbranched alkanes of at least 4 members (excludes halogenated alkanes) is 3. The highest BCUT2D eigenvalue weighted by atomic mass is 16.1. The molecule has 2 aliphatic heterocycles. The third-order valence-electron chi connectivity index (χ3n) is 8.97. The Hall–Kier alpha value is -0.650. The van der Waals surface area contributed by atoms with Gasteiger partial charge < -0.3 is 10.2 Å². The van der Waals surface area contributed by atoms with Crippen LogP contribution in [0.3, 0.4) is 0 Å². The molecule has 5 nitrogen and oxygen atoms in total. The first-order valence-electron chi connectivity index (χ1n) is 13.0. The molecule has 0 spiro atoms. The minimum atomic E-state index is 0.121. The third kappa shape index (κ3) is 6.70. The van der Waals surface area contributed by atoms with Gasteiger partial charge in [0.15, 0.2) is 0 Å². The van der Waals surface area contributed by atoms with Crippen LogP contribution in [0.5, 0.6) is 0 Å². The van der Waals surface area contributed by atoms with Crippen LogP contribution in [0.15, 0.2) is 0 Å². The summed E-state index contributed by atoms with van der Waals surface area (Å²) in [6, 6.07) is 0.962. The molecule has 0 saturated carbocycles. The molecule has 2 aliphatic rings. The molecule has 0 radical (unpaired) electrons. The minimum absolute atomic E-state index is 0.121. The number of hydrogen-bond acceptors (Lipinski definition) is 4. The maximum Gasteiger partial charge on any atom is 0.209 e. The summed E-state index contributed by atoms with van der Waals surface area (Å²) in [6.45, 7) is 20.7. The molecule has 0 aromatic heterocycles. The maximum absolute atomic E-state index is 11.9. The summed E-state index contributed by atoms with van der Waals surface area (Å²) >= 11 is 0. The van der Waals surface area contributed by atoms with E-state index in [0.717, 1.165) is 38.8 Å². The van der Waals surface area contributed by atoms with Crippen LogP contribution in [0.2, 0.25) is 0 Å². The molecule has 0 aromatic rings. The average Bonchev–Trinajstić information content (AvgIpc) is 2.65. The van der Waals surface area contributed by atoms with Gasteiger partial charge in [-0.15, -0.1) is 0 Å². The highest BCUT2D eigenvalue weighted by Gasteiger charge is 2.45. The van der Waals surface area contributed by atoms with Crippen LogP contribution in [0.4, 0.5) is 0 Å². The van der Waals surface area contributed by atoms with Crippen LogP contribution in [0, 0.1) is 0 Å². The molecule has 0 aromatic carbocycles. The van der Waals surface area contributed by atoms with Gasteiger partial charge in [0, 0.05) is 40.8 Å². The molecule has 0 aliphatic carbocycles. The number of piperidine rings is 2. The van der Waals surface area contributed by atoms with Crippen LogP contribution in [-0.2, 0) is 4.79 Å².